The Morgan fingerprint density at radius 3 is 3.06 bits per heavy atom. The first-order valence-corrected chi connectivity index (χ1v) is 6.35. The van der Waals surface area contributed by atoms with E-state index in [-0.39, 0.29) is 0 Å². The van der Waals surface area contributed by atoms with Crippen LogP contribution in [-0.2, 0) is 6.42 Å². The summed E-state index contributed by atoms with van der Waals surface area (Å²) in [6, 6.07) is 0.687. The van der Waals surface area contributed by atoms with Crippen LogP contribution in [0.4, 0.5) is 0 Å². The van der Waals surface area contributed by atoms with Crippen molar-refractivity contribution in [2.75, 3.05) is 6.54 Å². The van der Waals surface area contributed by atoms with Crippen molar-refractivity contribution in [3.05, 3.63) is 12.2 Å². The molecule has 0 saturated heterocycles. The zero-order valence-corrected chi connectivity index (χ0v) is 10.2. The molecule has 0 bridgehead atoms. The summed E-state index contributed by atoms with van der Waals surface area (Å²) in [5.74, 6) is 2.63. The fraction of sp³-hybridized carbons (Fsp3) is 0.833. The third-order valence-corrected chi connectivity index (χ3v) is 3.94. The number of H-pyrrole nitrogens is 1. The van der Waals surface area contributed by atoms with E-state index in [0.29, 0.717) is 6.04 Å². The summed E-state index contributed by atoms with van der Waals surface area (Å²) in [7, 11) is 0. The fourth-order valence-corrected chi connectivity index (χ4v) is 2.60. The van der Waals surface area contributed by atoms with Crippen LogP contribution >= 0.6 is 0 Å². The minimum Gasteiger partial charge on any atom is -0.313 e. The highest BCUT2D eigenvalue weighted by Crippen LogP contribution is 2.29. The van der Waals surface area contributed by atoms with Crippen LogP contribution in [0.3, 0.4) is 0 Å². The minimum absolute atomic E-state index is 0.687. The second kappa shape index (κ2) is 5.43. The molecule has 0 spiro atoms. The summed E-state index contributed by atoms with van der Waals surface area (Å²) in [4.78, 5) is 4.13. The van der Waals surface area contributed by atoms with Gasteiger partial charge >= 0.3 is 0 Å². The van der Waals surface area contributed by atoms with Gasteiger partial charge in [0.15, 0.2) is 0 Å². The number of nitrogens with one attached hydrogen (secondary N) is 2. The summed E-state index contributed by atoms with van der Waals surface area (Å²) in [5.41, 5.74) is 0. The average Bonchev–Trinajstić information content (AvgIpc) is 2.77. The van der Waals surface area contributed by atoms with Crippen LogP contribution < -0.4 is 5.32 Å². The predicted molar refractivity (Wildman–Crippen MR) is 64.1 cm³/mol. The molecule has 4 heteroatoms. The second-order valence-corrected chi connectivity index (χ2v) is 5.01. The SMILES string of the molecule is CC1CCCC(NCCc2ncn[nH]2)C1C. The van der Waals surface area contributed by atoms with E-state index in [0.717, 1.165) is 30.6 Å². The average molecular weight is 222 g/mol. The Hall–Kier alpha value is -0.900. The normalized spacial score (nSPS) is 30.5. The van der Waals surface area contributed by atoms with Gasteiger partial charge in [-0.1, -0.05) is 26.7 Å². The van der Waals surface area contributed by atoms with Crippen molar-refractivity contribution in [1.29, 1.82) is 0 Å². The van der Waals surface area contributed by atoms with Gasteiger partial charge in [-0.2, -0.15) is 5.10 Å². The van der Waals surface area contributed by atoms with E-state index in [4.69, 9.17) is 0 Å². The Morgan fingerprint density at radius 1 is 1.44 bits per heavy atom. The Bertz CT molecular complexity index is 296. The van der Waals surface area contributed by atoms with Crippen LogP contribution in [0, 0.1) is 11.8 Å². The van der Waals surface area contributed by atoms with E-state index in [1.807, 2.05) is 0 Å². The number of hydrogen-bond acceptors (Lipinski definition) is 3. The van der Waals surface area contributed by atoms with Crippen molar-refractivity contribution in [2.45, 2.75) is 45.6 Å². The summed E-state index contributed by atoms with van der Waals surface area (Å²) < 4.78 is 0. The van der Waals surface area contributed by atoms with E-state index >= 15 is 0 Å². The standard InChI is InChI=1S/C12H22N4/c1-9-4-3-5-11(10(9)2)13-7-6-12-14-8-15-16-12/h8-11,13H,3-7H2,1-2H3,(H,14,15,16). The van der Waals surface area contributed by atoms with Gasteiger partial charge in [0.05, 0.1) is 0 Å². The largest absolute Gasteiger partial charge is 0.313 e. The number of aromatic amines is 1. The van der Waals surface area contributed by atoms with Crippen molar-refractivity contribution in [3.63, 3.8) is 0 Å². The molecule has 3 atom stereocenters. The highest BCUT2D eigenvalue weighted by molar-refractivity contribution is 4.85. The van der Waals surface area contributed by atoms with E-state index < -0.39 is 0 Å². The topological polar surface area (TPSA) is 53.6 Å². The molecular formula is C12H22N4. The van der Waals surface area contributed by atoms with Gasteiger partial charge in [0.2, 0.25) is 0 Å². The monoisotopic (exact) mass is 222 g/mol. The zero-order valence-electron chi connectivity index (χ0n) is 10.2. The van der Waals surface area contributed by atoms with Crippen LogP contribution in [0.5, 0.6) is 0 Å². The molecule has 1 aliphatic carbocycles. The van der Waals surface area contributed by atoms with Crippen LogP contribution in [0.1, 0.15) is 38.9 Å². The van der Waals surface area contributed by atoms with Gasteiger partial charge in [0, 0.05) is 19.0 Å². The molecule has 4 nitrogen and oxygen atoms in total. The van der Waals surface area contributed by atoms with Gasteiger partial charge in [0.1, 0.15) is 12.2 Å². The molecule has 0 amide bonds. The number of hydrogen-bond donors (Lipinski definition) is 2. The smallest absolute Gasteiger partial charge is 0.137 e. The molecule has 1 aromatic rings. The molecule has 0 aliphatic heterocycles. The number of rotatable bonds is 4. The van der Waals surface area contributed by atoms with Gasteiger partial charge in [-0.05, 0) is 18.3 Å². The molecule has 0 radical (unpaired) electrons. The van der Waals surface area contributed by atoms with Gasteiger partial charge < -0.3 is 5.32 Å². The second-order valence-electron chi connectivity index (χ2n) is 5.01. The van der Waals surface area contributed by atoms with Crippen molar-refractivity contribution in [3.8, 4) is 0 Å². The van der Waals surface area contributed by atoms with Crippen LogP contribution in [0.15, 0.2) is 6.33 Å². The molecule has 2 N–H and O–H groups in total. The first-order chi connectivity index (χ1) is 7.77. The maximum absolute atomic E-state index is 4.13. The van der Waals surface area contributed by atoms with Gasteiger partial charge in [-0.25, -0.2) is 4.98 Å². The fourth-order valence-electron chi connectivity index (χ4n) is 2.60. The maximum atomic E-state index is 4.13. The Labute approximate surface area is 97.2 Å². The van der Waals surface area contributed by atoms with Crippen LogP contribution in [-0.4, -0.2) is 27.8 Å². The maximum Gasteiger partial charge on any atom is 0.137 e. The van der Waals surface area contributed by atoms with Gasteiger partial charge in [-0.15, -0.1) is 0 Å². The molecule has 16 heavy (non-hydrogen) atoms. The first-order valence-electron chi connectivity index (χ1n) is 6.35. The lowest BCUT2D eigenvalue weighted by atomic mass is 9.78. The lowest BCUT2D eigenvalue weighted by Gasteiger charge is -2.34. The zero-order chi connectivity index (χ0) is 11.4. The lowest BCUT2D eigenvalue weighted by molar-refractivity contribution is 0.208. The summed E-state index contributed by atoms with van der Waals surface area (Å²) in [6.45, 7) is 5.74. The van der Waals surface area contributed by atoms with Crippen molar-refractivity contribution in [1.82, 2.24) is 20.5 Å². The van der Waals surface area contributed by atoms with E-state index in [2.05, 4.69) is 34.3 Å². The van der Waals surface area contributed by atoms with E-state index in [1.54, 1.807) is 6.33 Å². The third-order valence-electron chi connectivity index (χ3n) is 3.94. The van der Waals surface area contributed by atoms with Gasteiger partial charge in [-0.3, -0.25) is 5.10 Å². The first kappa shape index (κ1) is 11.6. The van der Waals surface area contributed by atoms with Crippen molar-refractivity contribution >= 4 is 0 Å². The summed E-state index contributed by atoms with van der Waals surface area (Å²) in [6.07, 6.45) is 6.59. The predicted octanol–water partition coefficient (Wildman–Crippen LogP) is 1.76. The van der Waals surface area contributed by atoms with Crippen molar-refractivity contribution in [2.24, 2.45) is 11.8 Å². The molecule has 2 rings (SSSR count). The molecule has 1 saturated carbocycles. The number of nitrogens with zero attached hydrogens (tertiary/aromatic N) is 2. The van der Waals surface area contributed by atoms with Gasteiger partial charge in [0.25, 0.3) is 0 Å². The molecule has 0 aromatic carbocycles. The highest BCUT2D eigenvalue weighted by atomic mass is 15.2. The molecule has 1 aliphatic rings. The number of aromatic nitrogens is 3. The lowest BCUT2D eigenvalue weighted by Crippen LogP contribution is -2.41. The molecule has 1 aromatic heterocycles. The highest BCUT2D eigenvalue weighted by Gasteiger charge is 2.26. The minimum atomic E-state index is 0.687. The van der Waals surface area contributed by atoms with Crippen LogP contribution in [0.2, 0.25) is 0 Å². The third kappa shape index (κ3) is 2.82. The molecule has 1 fully saturated rings. The molecule has 3 unspecified atom stereocenters. The molecule has 90 valence electrons. The summed E-state index contributed by atoms with van der Waals surface area (Å²) in [5, 5.41) is 10.4. The summed E-state index contributed by atoms with van der Waals surface area (Å²) >= 11 is 0. The Morgan fingerprint density at radius 2 is 2.31 bits per heavy atom. The molecule has 1 heterocycles. The quantitative estimate of drug-likeness (QED) is 0.816. The van der Waals surface area contributed by atoms with E-state index in [9.17, 15) is 0 Å². The Balaban J connectivity index is 1.73. The van der Waals surface area contributed by atoms with Crippen molar-refractivity contribution < 1.29 is 0 Å². The molecular weight excluding hydrogens is 200 g/mol. The van der Waals surface area contributed by atoms with E-state index in [1.165, 1.54) is 19.3 Å². The van der Waals surface area contributed by atoms with Crippen LogP contribution in [0.25, 0.3) is 0 Å². The Kier molecular flexibility index (Phi) is 3.93.